The Morgan fingerprint density at radius 2 is 1.71 bits per heavy atom. The predicted molar refractivity (Wildman–Crippen MR) is 75.7 cm³/mol. The summed E-state index contributed by atoms with van der Waals surface area (Å²) in [5.74, 6) is 1.41. The fourth-order valence-corrected chi connectivity index (χ4v) is 2.54. The molecular formula is C17H22. The van der Waals surface area contributed by atoms with Crippen LogP contribution in [0.4, 0.5) is 0 Å². The summed E-state index contributed by atoms with van der Waals surface area (Å²) in [5, 5.41) is 0. The molecule has 1 aromatic carbocycles. The first-order chi connectivity index (χ1) is 8.01. The number of benzene rings is 1. The second-order valence-corrected chi connectivity index (χ2v) is 5.89. The summed E-state index contributed by atoms with van der Waals surface area (Å²) in [6.07, 6.45) is 7.05. The van der Waals surface area contributed by atoms with E-state index in [1.165, 1.54) is 11.1 Å². The van der Waals surface area contributed by atoms with Crippen LogP contribution < -0.4 is 0 Å². The molecule has 1 saturated carbocycles. The van der Waals surface area contributed by atoms with Crippen LogP contribution in [0.1, 0.15) is 33.3 Å². The summed E-state index contributed by atoms with van der Waals surface area (Å²) in [5.41, 5.74) is 3.16. The SMILES string of the molecule is CC(C)=C[C@@H]1[C@H](/C=C/c2ccccc2)C1(C)C. The van der Waals surface area contributed by atoms with Crippen LogP contribution in [0.25, 0.3) is 6.08 Å². The molecule has 90 valence electrons. The van der Waals surface area contributed by atoms with Gasteiger partial charge in [0.2, 0.25) is 0 Å². The molecule has 0 aromatic heterocycles. The van der Waals surface area contributed by atoms with E-state index < -0.39 is 0 Å². The van der Waals surface area contributed by atoms with Crippen LogP contribution in [0.5, 0.6) is 0 Å². The Morgan fingerprint density at radius 1 is 1.06 bits per heavy atom. The largest absolute Gasteiger partial charge is 0.0816 e. The van der Waals surface area contributed by atoms with Gasteiger partial charge in [0.1, 0.15) is 0 Å². The normalized spacial score (nSPS) is 25.9. The lowest BCUT2D eigenvalue weighted by Gasteiger charge is -1.97. The zero-order chi connectivity index (χ0) is 12.5. The van der Waals surface area contributed by atoms with E-state index in [1.54, 1.807) is 0 Å². The Hall–Kier alpha value is -1.30. The molecule has 0 amide bonds. The number of hydrogen-bond donors (Lipinski definition) is 0. The highest BCUT2D eigenvalue weighted by molar-refractivity contribution is 5.50. The van der Waals surface area contributed by atoms with E-state index in [-0.39, 0.29) is 0 Å². The summed E-state index contributed by atoms with van der Waals surface area (Å²) >= 11 is 0. The van der Waals surface area contributed by atoms with E-state index in [1.807, 2.05) is 0 Å². The molecule has 17 heavy (non-hydrogen) atoms. The highest BCUT2D eigenvalue weighted by atomic mass is 14.6. The van der Waals surface area contributed by atoms with E-state index >= 15 is 0 Å². The molecule has 0 bridgehead atoms. The number of hydrogen-bond acceptors (Lipinski definition) is 0. The van der Waals surface area contributed by atoms with Crippen LogP contribution in [-0.2, 0) is 0 Å². The summed E-state index contributed by atoms with van der Waals surface area (Å²) in [4.78, 5) is 0. The Bertz CT molecular complexity index is 430. The number of allylic oxidation sites excluding steroid dienone is 3. The lowest BCUT2D eigenvalue weighted by atomic mass is 10.1. The first-order valence-electron chi connectivity index (χ1n) is 6.40. The van der Waals surface area contributed by atoms with Crippen molar-refractivity contribution in [2.45, 2.75) is 27.7 Å². The van der Waals surface area contributed by atoms with Gasteiger partial charge in [-0.3, -0.25) is 0 Å². The van der Waals surface area contributed by atoms with Crippen molar-refractivity contribution in [1.82, 2.24) is 0 Å². The topological polar surface area (TPSA) is 0 Å². The van der Waals surface area contributed by atoms with Crippen molar-refractivity contribution in [3.63, 3.8) is 0 Å². The van der Waals surface area contributed by atoms with Crippen molar-refractivity contribution in [3.8, 4) is 0 Å². The van der Waals surface area contributed by atoms with Gasteiger partial charge in [0.15, 0.2) is 0 Å². The standard InChI is InChI=1S/C17H22/c1-13(2)12-16-15(17(16,3)4)11-10-14-8-6-5-7-9-14/h5-12,15-16H,1-4H3/b11-10+/t15-,16+/m0/s1. The van der Waals surface area contributed by atoms with Gasteiger partial charge in [-0.05, 0) is 36.7 Å². The van der Waals surface area contributed by atoms with Crippen molar-refractivity contribution < 1.29 is 0 Å². The molecule has 2 rings (SSSR count). The Morgan fingerprint density at radius 3 is 2.29 bits per heavy atom. The van der Waals surface area contributed by atoms with Crippen LogP contribution in [0.3, 0.4) is 0 Å². The second kappa shape index (κ2) is 4.52. The fourth-order valence-electron chi connectivity index (χ4n) is 2.54. The maximum atomic E-state index is 2.42. The van der Waals surface area contributed by atoms with E-state index in [4.69, 9.17) is 0 Å². The van der Waals surface area contributed by atoms with E-state index in [2.05, 4.69) is 76.3 Å². The Balaban J connectivity index is 2.07. The third-order valence-corrected chi connectivity index (χ3v) is 3.80. The van der Waals surface area contributed by atoms with Gasteiger partial charge in [-0.25, -0.2) is 0 Å². The van der Waals surface area contributed by atoms with E-state index in [9.17, 15) is 0 Å². The Labute approximate surface area is 105 Å². The van der Waals surface area contributed by atoms with Crippen LogP contribution in [0.2, 0.25) is 0 Å². The third kappa shape index (κ3) is 2.69. The van der Waals surface area contributed by atoms with Gasteiger partial charge in [0, 0.05) is 0 Å². The van der Waals surface area contributed by atoms with Crippen molar-refractivity contribution in [2.24, 2.45) is 17.3 Å². The van der Waals surface area contributed by atoms with Crippen LogP contribution in [-0.4, -0.2) is 0 Å². The van der Waals surface area contributed by atoms with E-state index in [0.717, 1.165) is 0 Å². The fraction of sp³-hybridized carbons (Fsp3) is 0.412. The first-order valence-corrected chi connectivity index (χ1v) is 6.40. The molecule has 0 heterocycles. The molecule has 1 aromatic rings. The van der Waals surface area contributed by atoms with Crippen molar-refractivity contribution in [1.29, 1.82) is 0 Å². The predicted octanol–water partition coefficient (Wildman–Crippen LogP) is 4.94. The molecule has 0 unspecified atom stereocenters. The monoisotopic (exact) mass is 226 g/mol. The van der Waals surface area contributed by atoms with Gasteiger partial charge in [-0.1, -0.05) is 68.0 Å². The second-order valence-electron chi connectivity index (χ2n) is 5.89. The zero-order valence-electron chi connectivity index (χ0n) is 11.3. The highest BCUT2D eigenvalue weighted by Gasteiger charge is 2.54. The van der Waals surface area contributed by atoms with E-state index in [0.29, 0.717) is 17.3 Å². The molecule has 0 heteroatoms. The molecule has 1 aliphatic carbocycles. The molecule has 1 aliphatic rings. The van der Waals surface area contributed by atoms with Crippen LogP contribution in [0.15, 0.2) is 48.1 Å². The van der Waals surface area contributed by atoms with Gasteiger partial charge in [-0.15, -0.1) is 0 Å². The molecule has 2 atom stereocenters. The quantitative estimate of drug-likeness (QED) is 0.640. The van der Waals surface area contributed by atoms with Crippen LogP contribution in [0, 0.1) is 17.3 Å². The molecule has 1 fully saturated rings. The lowest BCUT2D eigenvalue weighted by molar-refractivity contribution is 0.585. The average molecular weight is 226 g/mol. The van der Waals surface area contributed by atoms with Crippen LogP contribution >= 0.6 is 0 Å². The van der Waals surface area contributed by atoms with Crippen molar-refractivity contribution in [3.05, 3.63) is 53.6 Å². The maximum Gasteiger partial charge on any atom is -0.0105 e. The minimum absolute atomic E-state index is 0.433. The molecule has 0 N–H and O–H groups in total. The summed E-state index contributed by atoms with van der Waals surface area (Å²) in [6, 6.07) is 10.5. The molecule has 0 radical (unpaired) electrons. The van der Waals surface area contributed by atoms with Crippen molar-refractivity contribution >= 4 is 6.08 Å². The lowest BCUT2D eigenvalue weighted by Crippen LogP contribution is -1.88. The molecule has 0 spiro atoms. The van der Waals surface area contributed by atoms with Gasteiger partial charge in [-0.2, -0.15) is 0 Å². The third-order valence-electron chi connectivity index (χ3n) is 3.80. The van der Waals surface area contributed by atoms with Gasteiger partial charge in [0.05, 0.1) is 0 Å². The highest BCUT2D eigenvalue weighted by Crippen LogP contribution is 2.60. The zero-order valence-corrected chi connectivity index (χ0v) is 11.3. The number of rotatable bonds is 3. The van der Waals surface area contributed by atoms with Gasteiger partial charge < -0.3 is 0 Å². The van der Waals surface area contributed by atoms with Gasteiger partial charge >= 0.3 is 0 Å². The first kappa shape index (κ1) is 12.2. The molecule has 0 nitrogen and oxygen atoms in total. The molecule has 0 saturated heterocycles. The minimum atomic E-state index is 0.433. The summed E-state index contributed by atoms with van der Waals surface area (Å²) in [6.45, 7) is 9.09. The van der Waals surface area contributed by atoms with Gasteiger partial charge in [0.25, 0.3) is 0 Å². The molecule has 0 aliphatic heterocycles. The maximum absolute atomic E-state index is 2.42. The Kier molecular flexibility index (Phi) is 3.24. The smallest absolute Gasteiger partial charge is 0.0105 e. The molecular weight excluding hydrogens is 204 g/mol. The average Bonchev–Trinajstić information content (AvgIpc) is 2.78. The summed E-state index contributed by atoms with van der Waals surface area (Å²) in [7, 11) is 0. The minimum Gasteiger partial charge on any atom is -0.0816 e. The van der Waals surface area contributed by atoms with Crippen molar-refractivity contribution in [2.75, 3.05) is 0 Å². The summed E-state index contributed by atoms with van der Waals surface area (Å²) < 4.78 is 0.